The summed E-state index contributed by atoms with van der Waals surface area (Å²) in [6.07, 6.45) is 3.51. The third kappa shape index (κ3) is 7.79. The van der Waals surface area contributed by atoms with Crippen molar-refractivity contribution in [1.29, 1.82) is 0 Å². The maximum Gasteiger partial charge on any atom is 0.343 e. The van der Waals surface area contributed by atoms with Crippen molar-refractivity contribution in [3.05, 3.63) is 94.5 Å². The first-order chi connectivity index (χ1) is 22.6. The molecule has 4 N–H and O–H groups in total. The van der Waals surface area contributed by atoms with Crippen LogP contribution in [-0.4, -0.2) is 57.6 Å². The molecule has 17 heteroatoms. The van der Waals surface area contributed by atoms with E-state index in [1.165, 1.54) is 49.2 Å². The van der Waals surface area contributed by atoms with E-state index in [9.17, 15) is 26.0 Å². The summed E-state index contributed by atoms with van der Waals surface area (Å²) in [5.41, 5.74) is 4.40. The van der Waals surface area contributed by atoms with Crippen LogP contribution in [0, 0.1) is 5.82 Å². The molecule has 0 spiro atoms. The summed E-state index contributed by atoms with van der Waals surface area (Å²) in [6, 6.07) is 13.9. The zero-order chi connectivity index (χ0) is 34.9. The molecule has 2 amide bonds. The number of nitrogens with two attached hydrogens (primary N) is 1. The standard InChI is InChI=1S/C31H34ClFN6O6S3/c1-31(2,21-7-13-27(47(34,41)42)26(16-21)45-3)28-18-35-30(39(28)23-10-8-22(33)9-11-23)46-19-20-6-12-24(17-25(20)32)48(43,44)37-29(40)36-38-14-4-5-15-38/h6-13,16-18H,4-5,14-15,19H2,1-3H3,(H2,34,41,42)(H2,36,37,40). The van der Waals surface area contributed by atoms with Gasteiger partial charge < -0.3 is 4.74 Å². The molecule has 12 nitrogen and oxygen atoms in total. The first-order valence-electron chi connectivity index (χ1n) is 14.7. The number of thioether (sulfide) groups is 1. The number of aromatic nitrogens is 2. The fraction of sp³-hybridized carbons (Fsp3) is 0.290. The van der Waals surface area contributed by atoms with Crippen LogP contribution in [-0.2, 0) is 31.2 Å². The van der Waals surface area contributed by atoms with Crippen molar-refractivity contribution in [2.24, 2.45) is 5.14 Å². The van der Waals surface area contributed by atoms with Crippen LogP contribution in [0.25, 0.3) is 5.69 Å². The molecule has 1 aliphatic heterocycles. The lowest BCUT2D eigenvalue weighted by Crippen LogP contribution is -2.47. The Morgan fingerprint density at radius 3 is 2.38 bits per heavy atom. The maximum absolute atomic E-state index is 13.9. The van der Waals surface area contributed by atoms with Crippen molar-refractivity contribution >= 4 is 49.4 Å². The minimum Gasteiger partial charge on any atom is -0.495 e. The van der Waals surface area contributed by atoms with Crippen molar-refractivity contribution in [3.8, 4) is 11.4 Å². The molecule has 0 saturated carbocycles. The number of benzene rings is 3. The quantitative estimate of drug-likeness (QED) is 0.181. The van der Waals surface area contributed by atoms with Crippen LogP contribution in [0.4, 0.5) is 9.18 Å². The Morgan fingerprint density at radius 1 is 1.06 bits per heavy atom. The van der Waals surface area contributed by atoms with Crippen LogP contribution in [0.15, 0.2) is 81.8 Å². The molecular formula is C31H34ClFN6O6S3. The second-order valence-electron chi connectivity index (χ2n) is 11.6. The van der Waals surface area contributed by atoms with Crippen LogP contribution in [0.5, 0.6) is 5.75 Å². The number of halogens is 2. The predicted molar refractivity (Wildman–Crippen MR) is 181 cm³/mol. The molecule has 0 atom stereocenters. The number of sulfonamides is 2. The van der Waals surface area contributed by atoms with Crippen molar-refractivity contribution < 1.29 is 30.8 Å². The Balaban J connectivity index is 1.42. The predicted octanol–water partition coefficient (Wildman–Crippen LogP) is 4.94. The number of ether oxygens (including phenoxy) is 1. The Bertz CT molecular complexity index is 2050. The Hall–Kier alpha value is -3.67. The number of methoxy groups -OCH3 is 1. The number of carbonyl (C=O) groups excluding carboxylic acids is 1. The summed E-state index contributed by atoms with van der Waals surface area (Å²) >= 11 is 7.85. The van der Waals surface area contributed by atoms with E-state index in [-0.39, 0.29) is 26.3 Å². The minimum atomic E-state index is -4.19. The Labute approximate surface area is 287 Å². The number of primary sulfonamides is 1. The smallest absolute Gasteiger partial charge is 0.343 e. The third-order valence-electron chi connectivity index (χ3n) is 7.93. The largest absolute Gasteiger partial charge is 0.495 e. The molecule has 1 saturated heterocycles. The molecule has 0 unspecified atom stereocenters. The number of hydrogen-bond acceptors (Lipinski definition) is 9. The maximum atomic E-state index is 13.9. The number of carbonyl (C=O) groups is 1. The topological polar surface area (TPSA) is 166 Å². The molecule has 256 valence electrons. The zero-order valence-corrected chi connectivity index (χ0v) is 29.4. The third-order valence-corrected chi connectivity index (χ3v) is 11.6. The highest BCUT2D eigenvalue weighted by atomic mass is 35.5. The normalized spacial score (nSPS) is 14.2. The summed E-state index contributed by atoms with van der Waals surface area (Å²) in [5.74, 6) is -0.0353. The van der Waals surface area contributed by atoms with E-state index in [1.54, 1.807) is 41.5 Å². The number of amides is 2. The first-order valence-corrected chi connectivity index (χ1v) is 19.0. The van der Waals surface area contributed by atoms with Crippen molar-refractivity contribution in [2.45, 2.75) is 52.8 Å². The fourth-order valence-electron chi connectivity index (χ4n) is 5.29. The van der Waals surface area contributed by atoms with Crippen LogP contribution < -0.4 is 20.0 Å². The van der Waals surface area contributed by atoms with Gasteiger partial charge in [0.15, 0.2) is 5.16 Å². The number of nitrogens with zero attached hydrogens (tertiary/aromatic N) is 3. The van der Waals surface area contributed by atoms with Gasteiger partial charge in [0.25, 0.3) is 10.0 Å². The summed E-state index contributed by atoms with van der Waals surface area (Å²) < 4.78 is 73.1. The molecule has 4 aromatic rings. The van der Waals surface area contributed by atoms with Crippen LogP contribution in [0.1, 0.15) is 43.5 Å². The molecule has 5 rings (SSSR count). The van der Waals surface area contributed by atoms with Gasteiger partial charge in [0.05, 0.1) is 23.9 Å². The lowest BCUT2D eigenvalue weighted by atomic mass is 9.81. The number of urea groups is 1. The van der Waals surface area contributed by atoms with Gasteiger partial charge in [-0.05, 0) is 72.5 Å². The number of hydrazine groups is 1. The lowest BCUT2D eigenvalue weighted by Gasteiger charge is -2.28. The highest BCUT2D eigenvalue weighted by Gasteiger charge is 2.31. The second-order valence-corrected chi connectivity index (χ2v) is 16.1. The van der Waals surface area contributed by atoms with E-state index >= 15 is 0 Å². The highest BCUT2D eigenvalue weighted by molar-refractivity contribution is 7.98. The van der Waals surface area contributed by atoms with Crippen molar-refractivity contribution in [2.75, 3.05) is 20.2 Å². The Kier molecular flexibility index (Phi) is 10.4. The van der Waals surface area contributed by atoms with Gasteiger partial charge in [-0.2, -0.15) is 0 Å². The van der Waals surface area contributed by atoms with E-state index in [2.05, 4.69) is 10.4 Å². The molecule has 1 aliphatic rings. The minimum absolute atomic E-state index is 0.0908. The van der Waals surface area contributed by atoms with E-state index in [0.717, 1.165) is 12.8 Å². The van der Waals surface area contributed by atoms with Crippen molar-refractivity contribution in [1.82, 2.24) is 24.7 Å². The molecule has 1 aromatic heterocycles. The average molecular weight is 737 g/mol. The van der Waals surface area contributed by atoms with Crippen molar-refractivity contribution in [3.63, 3.8) is 0 Å². The molecule has 0 bridgehead atoms. The Morgan fingerprint density at radius 2 is 1.75 bits per heavy atom. The van der Waals surface area contributed by atoms with Crippen LogP contribution in [0.3, 0.4) is 0 Å². The average Bonchev–Trinajstić information content (AvgIpc) is 3.70. The van der Waals surface area contributed by atoms with Gasteiger partial charge in [0, 0.05) is 35.0 Å². The van der Waals surface area contributed by atoms with Crippen LogP contribution >= 0.6 is 23.4 Å². The fourth-order valence-corrected chi connectivity index (χ4v) is 8.28. The van der Waals surface area contributed by atoms with Crippen LogP contribution in [0.2, 0.25) is 5.02 Å². The molecule has 2 heterocycles. The van der Waals surface area contributed by atoms with Gasteiger partial charge in [-0.1, -0.05) is 49.3 Å². The summed E-state index contributed by atoms with van der Waals surface area (Å²) in [6.45, 7) is 5.15. The highest BCUT2D eigenvalue weighted by Crippen LogP contribution is 2.39. The SMILES string of the molecule is COc1cc(C(C)(C)c2cnc(SCc3ccc(S(=O)(=O)NC(=O)NN4CCCC4)cc3Cl)n2-c2ccc(F)cc2)ccc1S(N)(=O)=O. The van der Waals surface area contributed by atoms with E-state index < -0.39 is 37.3 Å². The molecular weight excluding hydrogens is 703 g/mol. The van der Waals surface area contributed by atoms with Gasteiger partial charge in [-0.15, -0.1) is 0 Å². The first kappa shape index (κ1) is 35.6. The van der Waals surface area contributed by atoms with Gasteiger partial charge >= 0.3 is 6.03 Å². The molecule has 1 fully saturated rings. The molecule has 3 aromatic carbocycles. The zero-order valence-electron chi connectivity index (χ0n) is 26.2. The number of rotatable bonds is 11. The van der Waals surface area contributed by atoms with E-state index in [0.29, 0.717) is 40.8 Å². The van der Waals surface area contributed by atoms with Gasteiger partial charge in [0.2, 0.25) is 10.0 Å². The number of hydrogen-bond donors (Lipinski definition) is 3. The second kappa shape index (κ2) is 14.1. The monoisotopic (exact) mass is 736 g/mol. The molecule has 0 radical (unpaired) electrons. The molecule has 48 heavy (non-hydrogen) atoms. The molecule has 0 aliphatic carbocycles. The van der Waals surface area contributed by atoms with E-state index in [4.69, 9.17) is 21.5 Å². The summed E-state index contributed by atoms with van der Waals surface area (Å²) in [5, 5.41) is 7.73. The van der Waals surface area contributed by atoms with E-state index in [1.807, 2.05) is 23.1 Å². The number of imidazole rings is 1. The van der Waals surface area contributed by atoms with Gasteiger partial charge in [-0.25, -0.2) is 45.9 Å². The summed E-state index contributed by atoms with van der Waals surface area (Å²) in [7, 11) is -6.86. The number of nitrogens with one attached hydrogen (secondary N) is 2. The lowest BCUT2D eigenvalue weighted by molar-refractivity contribution is 0.202. The van der Waals surface area contributed by atoms with Gasteiger partial charge in [0.1, 0.15) is 16.5 Å². The van der Waals surface area contributed by atoms with Gasteiger partial charge in [-0.3, -0.25) is 9.99 Å². The summed E-state index contributed by atoms with van der Waals surface area (Å²) in [4.78, 5) is 16.6.